The normalized spacial score (nSPS) is 15.5. The Morgan fingerprint density at radius 1 is 1.11 bits per heavy atom. The van der Waals surface area contributed by atoms with Gasteiger partial charge in [0.2, 0.25) is 5.91 Å². The van der Waals surface area contributed by atoms with Crippen molar-refractivity contribution in [3.05, 3.63) is 77.6 Å². The Labute approximate surface area is 163 Å². The second-order valence-corrected chi connectivity index (χ2v) is 7.02. The predicted octanol–water partition coefficient (Wildman–Crippen LogP) is 3.64. The summed E-state index contributed by atoms with van der Waals surface area (Å²) in [5.74, 6) is -0.219. The molecule has 1 aromatic heterocycles. The first kappa shape index (κ1) is 18.0. The van der Waals surface area contributed by atoms with Crippen molar-refractivity contribution in [1.29, 1.82) is 0 Å². The second-order valence-electron chi connectivity index (χ2n) is 7.02. The smallest absolute Gasteiger partial charge is 0.251 e. The largest absolute Gasteiger partial charge is 0.345 e. The third-order valence-corrected chi connectivity index (χ3v) is 4.97. The summed E-state index contributed by atoms with van der Waals surface area (Å²) < 4.78 is 1.66. The van der Waals surface area contributed by atoms with Gasteiger partial charge < -0.3 is 10.6 Å². The molecule has 0 saturated carbocycles. The van der Waals surface area contributed by atoms with E-state index in [1.54, 1.807) is 29.2 Å². The maximum absolute atomic E-state index is 12.7. The van der Waals surface area contributed by atoms with Crippen molar-refractivity contribution in [1.82, 2.24) is 15.1 Å². The minimum absolute atomic E-state index is 0.0588. The van der Waals surface area contributed by atoms with Crippen molar-refractivity contribution in [3.63, 3.8) is 0 Å². The molecule has 1 heterocycles. The van der Waals surface area contributed by atoms with Crippen LogP contribution in [0.3, 0.4) is 0 Å². The first-order valence-electron chi connectivity index (χ1n) is 9.41. The summed E-state index contributed by atoms with van der Waals surface area (Å²) in [6.45, 7) is 1.45. The molecule has 2 N–H and O–H groups in total. The SMILES string of the molecule is CC(=O)Nc1cnn(-c2ccc(C(=O)NC3CCCc4ccccc43)cc2)c1. The van der Waals surface area contributed by atoms with E-state index >= 15 is 0 Å². The van der Waals surface area contributed by atoms with Gasteiger partial charge in [-0.25, -0.2) is 4.68 Å². The molecule has 0 spiro atoms. The second kappa shape index (κ2) is 7.68. The van der Waals surface area contributed by atoms with E-state index in [0.29, 0.717) is 11.3 Å². The highest BCUT2D eigenvalue weighted by Gasteiger charge is 2.21. The van der Waals surface area contributed by atoms with E-state index in [4.69, 9.17) is 0 Å². The summed E-state index contributed by atoms with van der Waals surface area (Å²) >= 11 is 0. The van der Waals surface area contributed by atoms with Crippen LogP contribution in [0, 0.1) is 0 Å². The van der Waals surface area contributed by atoms with Gasteiger partial charge in [-0.2, -0.15) is 5.10 Å². The molecule has 2 aromatic carbocycles. The van der Waals surface area contributed by atoms with Crippen LogP contribution in [0.4, 0.5) is 5.69 Å². The third-order valence-electron chi connectivity index (χ3n) is 4.97. The van der Waals surface area contributed by atoms with Crippen LogP contribution in [0.25, 0.3) is 5.69 Å². The molecule has 6 heteroatoms. The van der Waals surface area contributed by atoms with E-state index in [1.165, 1.54) is 18.1 Å². The van der Waals surface area contributed by atoms with Crippen LogP contribution in [0.5, 0.6) is 0 Å². The number of anilines is 1. The maximum atomic E-state index is 12.7. The van der Waals surface area contributed by atoms with Gasteiger partial charge in [-0.1, -0.05) is 24.3 Å². The highest BCUT2D eigenvalue weighted by atomic mass is 16.2. The molecule has 0 saturated heterocycles. The lowest BCUT2D eigenvalue weighted by molar-refractivity contribution is -0.114. The van der Waals surface area contributed by atoms with Crippen LogP contribution < -0.4 is 10.6 Å². The number of hydrogen-bond acceptors (Lipinski definition) is 3. The molecule has 28 heavy (non-hydrogen) atoms. The molecule has 4 rings (SSSR count). The summed E-state index contributed by atoms with van der Waals surface area (Å²) in [6, 6.07) is 15.6. The van der Waals surface area contributed by atoms with Crippen molar-refractivity contribution in [2.75, 3.05) is 5.32 Å². The number of carbonyl (C=O) groups excluding carboxylic acids is 2. The van der Waals surface area contributed by atoms with Gasteiger partial charge in [0.1, 0.15) is 0 Å². The lowest BCUT2D eigenvalue weighted by Crippen LogP contribution is -2.30. The molecular weight excluding hydrogens is 352 g/mol. The highest BCUT2D eigenvalue weighted by Crippen LogP contribution is 2.29. The van der Waals surface area contributed by atoms with Gasteiger partial charge >= 0.3 is 0 Å². The first-order valence-corrected chi connectivity index (χ1v) is 9.41. The maximum Gasteiger partial charge on any atom is 0.251 e. The molecular formula is C22H22N4O2. The number of amides is 2. The highest BCUT2D eigenvalue weighted by molar-refractivity contribution is 5.94. The molecule has 1 aliphatic rings. The number of nitrogens with one attached hydrogen (secondary N) is 2. The molecule has 0 bridgehead atoms. The number of nitrogens with zero attached hydrogens (tertiary/aromatic N) is 2. The van der Waals surface area contributed by atoms with E-state index < -0.39 is 0 Å². The lowest BCUT2D eigenvalue weighted by atomic mass is 9.87. The number of benzene rings is 2. The standard InChI is InChI=1S/C22H22N4O2/c1-15(27)24-18-13-23-26(14-18)19-11-9-17(10-12-19)22(28)25-21-8-4-6-16-5-2-3-7-20(16)21/h2-3,5,7,9-14,21H,4,6,8H2,1H3,(H,24,27)(H,25,28). The van der Waals surface area contributed by atoms with Crippen molar-refractivity contribution in [2.24, 2.45) is 0 Å². The number of aryl methyl sites for hydroxylation is 1. The zero-order valence-corrected chi connectivity index (χ0v) is 15.7. The summed E-state index contributed by atoms with van der Waals surface area (Å²) in [6.07, 6.45) is 6.43. The summed E-state index contributed by atoms with van der Waals surface area (Å²) in [7, 11) is 0. The summed E-state index contributed by atoms with van der Waals surface area (Å²) in [5.41, 5.74) is 4.60. The minimum Gasteiger partial charge on any atom is -0.345 e. The Kier molecular flexibility index (Phi) is 4.93. The molecule has 6 nitrogen and oxygen atoms in total. The molecule has 142 valence electrons. The Bertz CT molecular complexity index is 1010. The average Bonchev–Trinajstić information content (AvgIpc) is 3.16. The number of rotatable bonds is 4. The van der Waals surface area contributed by atoms with Crippen molar-refractivity contribution in [3.8, 4) is 5.69 Å². The van der Waals surface area contributed by atoms with E-state index in [-0.39, 0.29) is 17.9 Å². The fourth-order valence-corrected chi connectivity index (χ4v) is 3.64. The van der Waals surface area contributed by atoms with Crippen molar-refractivity contribution >= 4 is 17.5 Å². The number of aromatic nitrogens is 2. The number of fused-ring (bicyclic) bond motifs is 1. The van der Waals surface area contributed by atoms with Gasteiger partial charge in [-0.05, 0) is 54.7 Å². The Balaban J connectivity index is 1.46. The Morgan fingerprint density at radius 3 is 2.68 bits per heavy atom. The van der Waals surface area contributed by atoms with Crippen LogP contribution in [-0.2, 0) is 11.2 Å². The molecule has 2 amide bonds. The molecule has 1 atom stereocenters. The molecule has 3 aromatic rings. The topological polar surface area (TPSA) is 76.0 Å². The first-order chi connectivity index (χ1) is 13.6. The van der Waals surface area contributed by atoms with Gasteiger partial charge in [0.15, 0.2) is 0 Å². The van der Waals surface area contributed by atoms with Crippen molar-refractivity contribution < 1.29 is 9.59 Å². The molecule has 0 radical (unpaired) electrons. The number of hydrogen-bond donors (Lipinski definition) is 2. The fraction of sp³-hybridized carbons (Fsp3) is 0.227. The van der Waals surface area contributed by atoms with Gasteiger partial charge in [0.05, 0.1) is 29.8 Å². The van der Waals surface area contributed by atoms with Crippen molar-refractivity contribution in [2.45, 2.75) is 32.2 Å². The van der Waals surface area contributed by atoms with Crippen LogP contribution in [0.1, 0.15) is 47.3 Å². The van der Waals surface area contributed by atoms with Gasteiger partial charge in [-0.15, -0.1) is 0 Å². The monoisotopic (exact) mass is 374 g/mol. The van der Waals surface area contributed by atoms with E-state index in [2.05, 4.69) is 27.9 Å². The van der Waals surface area contributed by atoms with Gasteiger partial charge in [0.25, 0.3) is 5.91 Å². The zero-order chi connectivity index (χ0) is 19.5. The molecule has 1 unspecified atom stereocenters. The number of carbonyl (C=O) groups is 2. The van der Waals surface area contributed by atoms with Crippen LogP contribution in [-0.4, -0.2) is 21.6 Å². The van der Waals surface area contributed by atoms with Crippen LogP contribution in [0.2, 0.25) is 0 Å². The average molecular weight is 374 g/mol. The quantitative estimate of drug-likeness (QED) is 0.732. The van der Waals surface area contributed by atoms with E-state index in [9.17, 15) is 9.59 Å². The minimum atomic E-state index is -0.143. The summed E-state index contributed by atoms with van der Waals surface area (Å²) in [4.78, 5) is 23.8. The van der Waals surface area contributed by atoms with Crippen LogP contribution in [0.15, 0.2) is 60.9 Å². The van der Waals surface area contributed by atoms with E-state index in [0.717, 1.165) is 24.9 Å². The fourth-order valence-electron chi connectivity index (χ4n) is 3.64. The Hall–Kier alpha value is -3.41. The molecule has 1 aliphatic carbocycles. The summed E-state index contributed by atoms with van der Waals surface area (Å²) in [5, 5.41) is 10.1. The van der Waals surface area contributed by atoms with Crippen LogP contribution >= 0.6 is 0 Å². The Morgan fingerprint density at radius 2 is 1.89 bits per heavy atom. The molecule has 0 aliphatic heterocycles. The lowest BCUT2D eigenvalue weighted by Gasteiger charge is -2.26. The third kappa shape index (κ3) is 3.81. The van der Waals surface area contributed by atoms with E-state index in [1.807, 2.05) is 24.3 Å². The zero-order valence-electron chi connectivity index (χ0n) is 15.7. The predicted molar refractivity (Wildman–Crippen MR) is 107 cm³/mol. The molecule has 0 fully saturated rings. The van der Waals surface area contributed by atoms with Gasteiger partial charge in [-0.3, -0.25) is 9.59 Å². The van der Waals surface area contributed by atoms with Gasteiger partial charge in [0, 0.05) is 12.5 Å².